The number of nitrogens with zero attached hydrogens (tertiary/aromatic N) is 2. The van der Waals surface area contributed by atoms with Gasteiger partial charge in [0, 0.05) is 5.38 Å². The molecule has 8 nitrogen and oxygen atoms in total. The molecule has 0 aliphatic heterocycles. The van der Waals surface area contributed by atoms with Gasteiger partial charge in [0.15, 0.2) is 5.13 Å². The normalized spacial score (nSPS) is 11.4. The number of ether oxygens (including phenoxy) is 1. The summed E-state index contributed by atoms with van der Waals surface area (Å²) in [6.07, 6.45) is -0.454. The van der Waals surface area contributed by atoms with E-state index in [-0.39, 0.29) is 12.3 Å². The molecule has 3 rings (SSSR count). The van der Waals surface area contributed by atoms with Gasteiger partial charge in [-0.1, -0.05) is 12.1 Å². The highest BCUT2D eigenvalue weighted by molar-refractivity contribution is 7.13. The quantitative estimate of drug-likeness (QED) is 0.623. The van der Waals surface area contributed by atoms with Crippen molar-refractivity contribution in [3.63, 3.8) is 0 Å². The first-order valence-corrected chi connectivity index (χ1v) is 9.31. The lowest BCUT2D eigenvalue weighted by molar-refractivity contribution is -0.120. The van der Waals surface area contributed by atoms with Crippen LogP contribution in [0.15, 0.2) is 29.6 Å². The first kappa shape index (κ1) is 18.8. The maximum atomic E-state index is 12.1. The summed E-state index contributed by atoms with van der Waals surface area (Å²) in [5.74, 6) is 0.514. The average molecular weight is 387 g/mol. The van der Waals surface area contributed by atoms with Crippen LogP contribution in [0.3, 0.4) is 0 Å². The number of thiazole rings is 1. The van der Waals surface area contributed by atoms with Crippen molar-refractivity contribution in [2.24, 2.45) is 0 Å². The molecule has 0 fully saturated rings. The molecule has 0 saturated carbocycles. The third-order valence-corrected chi connectivity index (χ3v) is 4.20. The number of aromatic amines is 1. The fourth-order valence-electron chi connectivity index (χ4n) is 2.34. The zero-order chi connectivity index (χ0) is 19.4. The molecule has 2 heterocycles. The standard InChI is InChI=1S/C18H21N5O3S/c1-18(2,3)26-17(25)23-16-20-11(10-27-16)8-15(24)19-9-14-21-12-6-4-5-7-13(12)22-14/h4-7,10H,8-9H2,1-3H3,(H,19,24)(H,21,22)(H,20,23,25). The number of anilines is 1. The number of hydrogen-bond acceptors (Lipinski definition) is 6. The number of hydrogen-bond donors (Lipinski definition) is 3. The van der Waals surface area contributed by atoms with E-state index in [2.05, 4.69) is 25.6 Å². The van der Waals surface area contributed by atoms with Crippen LogP contribution in [0.25, 0.3) is 11.0 Å². The fraction of sp³-hybridized carbons (Fsp3) is 0.333. The van der Waals surface area contributed by atoms with Crippen LogP contribution in [0.1, 0.15) is 32.3 Å². The summed E-state index contributed by atoms with van der Waals surface area (Å²) >= 11 is 1.24. The second kappa shape index (κ2) is 7.75. The Bertz CT molecular complexity index is 924. The van der Waals surface area contributed by atoms with E-state index in [0.29, 0.717) is 23.2 Å². The first-order valence-electron chi connectivity index (χ1n) is 8.43. The minimum absolute atomic E-state index is 0.118. The van der Waals surface area contributed by atoms with Crippen LogP contribution >= 0.6 is 11.3 Å². The van der Waals surface area contributed by atoms with Crippen molar-refractivity contribution in [2.75, 3.05) is 5.32 Å². The molecule has 9 heteroatoms. The SMILES string of the molecule is CC(C)(C)OC(=O)Nc1nc(CC(=O)NCc2nc3ccccc3[nH]2)cs1. The maximum absolute atomic E-state index is 12.1. The lowest BCUT2D eigenvalue weighted by atomic mass is 10.2. The van der Waals surface area contributed by atoms with Crippen LogP contribution in [0.4, 0.5) is 9.93 Å². The predicted molar refractivity (Wildman–Crippen MR) is 104 cm³/mol. The molecule has 142 valence electrons. The molecule has 3 N–H and O–H groups in total. The smallest absolute Gasteiger partial charge is 0.413 e. The number of carbonyl (C=O) groups is 2. The molecule has 2 aromatic heterocycles. The molecule has 27 heavy (non-hydrogen) atoms. The van der Waals surface area contributed by atoms with Gasteiger partial charge in [-0.15, -0.1) is 11.3 Å². The molecule has 0 radical (unpaired) electrons. The van der Waals surface area contributed by atoms with Crippen molar-refractivity contribution in [2.45, 2.75) is 39.3 Å². The zero-order valence-electron chi connectivity index (χ0n) is 15.3. The molecule has 0 bridgehead atoms. The predicted octanol–water partition coefficient (Wildman–Crippen LogP) is 3.23. The zero-order valence-corrected chi connectivity index (χ0v) is 16.1. The van der Waals surface area contributed by atoms with Crippen molar-refractivity contribution >= 4 is 39.5 Å². The first-order chi connectivity index (χ1) is 12.8. The maximum Gasteiger partial charge on any atom is 0.413 e. The van der Waals surface area contributed by atoms with Gasteiger partial charge in [-0.3, -0.25) is 10.1 Å². The average Bonchev–Trinajstić information content (AvgIpc) is 3.17. The summed E-state index contributed by atoms with van der Waals surface area (Å²) < 4.78 is 5.17. The number of fused-ring (bicyclic) bond motifs is 1. The van der Waals surface area contributed by atoms with Crippen LogP contribution in [0, 0.1) is 0 Å². The topological polar surface area (TPSA) is 109 Å². The van der Waals surface area contributed by atoms with E-state index in [0.717, 1.165) is 11.0 Å². The Morgan fingerprint density at radius 2 is 2.00 bits per heavy atom. The Kier molecular flexibility index (Phi) is 5.41. The van der Waals surface area contributed by atoms with Crippen molar-refractivity contribution in [1.29, 1.82) is 0 Å². The van der Waals surface area contributed by atoms with Crippen LogP contribution in [-0.4, -0.2) is 32.6 Å². The monoisotopic (exact) mass is 387 g/mol. The second-order valence-electron chi connectivity index (χ2n) is 6.93. The highest BCUT2D eigenvalue weighted by Crippen LogP contribution is 2.17. The van der Waals surface area contributed by atoms with E-state index in [1.54, 1.807) is 26.2 Å². The molecule has 0 atom stereocenters. The number of benzene rings is 1. The second-order valence-corrected chi connectivity index (χ2v) is 7.78. The summed E-state index contributed by atoms with van der Waals surface area (Å²) in [6, 6.07) is 7.68. The molecule has 3 aromatic rings. The van der Waals surface area contributed by atoms with Crippen molar-refractivity contribution in [3.8, 4) is 0 Å². The van der Waals surface area contributed by atoms with Gasteiger partial charge >= 0.3 is 6.09 Å². The molecular formula is C18H21N5O3S. The minimum Gasteiger partial charge on any atom is -0.444 e. The van der Waals surface area contributed by atoms with Crippen molar-refractivity contribution < 1.29 is 14.3 Å². The van der Waals surface area contributed by atoms with Gasteiger partial charge in [0.2, 0.25) is 5.91 Å². The Hall–Kier alpha value is -2.94. The molecular weight excluding hydrogens is 366 g/mol. The van der Waals surface area contributed by atoms with Gasteiger partial charge in [0.05, 0.1) is 29.7 Å². The van der Waals surface area contributed by atoms with E-state index >= 15 is 0 Å². The largest absolute Gasteiger partial charge is 0.444 e. The van der Waals surface area contributed by atoms with E-state index in [1.807, 2.05) is 24.3 Å². The number of nitrogens with one attached hydrogen (secondary N) is 3. The minimum atomic E-state index is -0.583. The Morgan fingerprint density at radius 3 is 2.74 bits per heavy atom. The molecule has 0 saturated heterocycles. The third kappa shape index (κ3) is 5.52. The van der Waals surface area contributed by atoms with Crippen LogP contribution in [-0.2, 0) is 22.5 Å². The Balaban J connectivity index is 1.49. The van der Waals surface area contributed by atoms with Gasteiger partial charge in [0.1, 0.15) is 11.4 Å². The number of H-pyrrole nitrogens is 1. The lowest BCUT2D eigenvalue weighted by Gasteiger charge is -2.18. The van der Waals surface area contributed by atoms with E-state index in [9.17, 15) is 9.59 Å². The number of rotatable bonds is 5. The summed E-state index contributed by atoms with van der Waals surface area (Å²) in [5.41, 5.74) is 1.78. The highest BCUT2D eigenvalue weighted by Gasteiger charge is 2.17. The molecule has 0 aliphatic rings. The molecule has 0 aliphatic carbocycles. The number of carbonyl (C=O) groups excluding carboxylic acids is 2. The van der Waals surface area contributed by atoms with Gasteiger partial charge < -0.3 is 15.0 Å². The summed E-state index contributed by atoms with van der Waals surface area (Å²) in [7, 11) is 0. The molecule has 1 aromatic carbocycles. The van der Waals surface area contributed by atoms with E-state index in [4.69, 9.17) is 4.74 Å². The van der Waals surface area contributed by atoms with Gasteiger partial charge in [-0.05, 0) is 32.9 Å². The van der Waals surface area contributed by atoms with Crippen LogP contribution < -0.4 is 10.6 Å². The third-order valence-electron chi connectivity index (χ3n) is 3.39. The highest BCUT2D eigenvalue weighted by atomic mass is 32.1. The van der Waals surface area contributed by atoms with Crippen LogP contribution in [0.5, 0.6) is 0 Å². The number of imidazole rings is 1. The van der Waals surface area contributed by atoms with Crippen molar-refractivity contribution in [3.05, 3.63) is 41.2 Å². The van der Waals surface area contributed by atoms with Gasteiger partial charge in [0.25, 0.3) is 0 Å². The number of aromatic nitrogens is 3. The van der Waals surface area contributed by atoms with E-state index in [1.165, 1.54) is 11.3 Å². The summed E-state index contributed by atoms with van der Waals surface area (Å²) in [4.78, 5) is 35.7. The molecule has 0 unspecified atom stereocenters. The van der Waals surface area contributed by atoms with Gasteiger partial charge in [-0.2, -0.15) is 0 Å². The number of amides is 2. The fourth-order valence-corrected chi connectivity index (χ4v) is 3.03. The van der Waals surface area contributed by atoms with Crippen molar-refractivity contribution in [1.82, 2.24) is 20.3 Å². The summed E-state index contributed by atoms with van der Waals surface area (Å²) in [6.45, 7) is 5.66. The summed E-state index contributed by atoms with van der Waals surface area (Å²) in [5, 5.41) is 7.50. The lowest BCUT2D eigenvalue weighted by Crippen LogP contribution is -2.27. The van der Waals surface area contributed by atoms with Gasteiger partial charge in [-0.25, -0.2) is 14.8 Å². The number of para-hydroxylation sites is 2. The molecule has 0 spiro atoms. The van der Waals surface area contributed by atoms with E-state index < -0.39 is 11.7 Å². The Morgan fingerprint density at radius 1 is 1.22 bits per heavy atom. The molecule has 2 amide bonds. The van der Waals surface area contributed by atoms with Crippen LogP contribution in [0.2, 0.25) is 0 Å². The Labute approximate surface area is 160 Å².